The van der Waals surface area contributed by atoms with Gasteiger partial charge in [-0.3, -0.25) is 4.79 Å². The van der Waals surface area contributed by atoms with Gasteiger partial charge in [-0.15, -0.1) is 0 Å². The Labute approximate surface area is 151 Å². The van der Waals surface area contributed by atoms with E-state index in [1.54, 1.807) is 25.2 Å². The first-order valence-electron chi connectivity index (χ1n) is 7.27. The number of hydrogen-bond acceptors (Lipinski definition) is 5. The number of pyridine rings is 1. The highest BCUT2D eigenvalue weighted by atomic mass is 35.5. The van der Waals surface area contributed by atoms with Crippen LogP contribution in [0.25, 0.3) is 5.82 Å². The van der Waals surface area contributed by atoms with Crippen LogP contribution in [0.5, 0.6) is 0 Å². The molecule has 0 bridgehead atoms. The molecule has 0 saturated carbocycles. The molecule has 2 rings (SSSR count). The van der Waals surface area contributed by atoms with E-state index in [1.165, 1.54) is 16.8 Å². The molecule has 0 aliphatic rings. The van der Waals surface area contributed by atoms with Gasteiger partial charge in [0.15, 0.2) is 18.1 Å². The van der Waals surface area contributed by atoms with E-state index in [4.69, 9.17) is 11.6 Å². The van der Waals surface area contributed by atoms with Crippen molar-refractivity contribution in [3.8, 4) is 5.82 Å². The minimum atomic E-state index is -4.56. The molecule has 2 heterocycles. The first-order chi connectivity index (χ1) is 12.1. The zero-order valence-electron chi connectivity index (χ0n) is 13.7. The molecule has 1 N–H and O–H groups in total. The molecule has 140 valence electrons. The van der Waals surface area contributed by atoms with E-state index in [1.807, 2.05) is 0 Å². The minimum Gasteiger partial charge on any atom is -0.451 e. The first-order valence-corrected chi connectivity index (χ1v) is 7.65. The van der Waals surface area contributed by atoms with E-state index in [9.17, 15) is 22.8 Å². The smallest absolute Gasteiger partial charge is 0.405 e. The van der Waals surface area contributed by atoms with E-state index in [0.29, 0.717) is 5.82 Å². The van der Waals surface area contributed by atoms with Gasteiger partial charge in [0.05, 0.1) is 10.7 Å². The van der Waals surface area contributed by atoms with Crippen molar-refractivity contribution >= 4 is 23.5 Å². The van der Waals surface area contributed by atoms with Crippen LogP contribution in [0, 0.1) is 13.8 Å². The van der Waals surface area contributed by atoms with Gasteiger partial charge in [-0.2, -0.15) is 18.3 Å². The van der Waals surface area contributed by atoms with Gasteiger partial charge in [0.25, 0.3) is 5.91 Å². The molecule has 1 amide bonds. The Morgan fingerprint density at radius 3 is 2.58 bits per heavy atom. The van der Waals surface area contributed by atoms with Gasteiger partial charge in [-0.25, -0.2) is 14.5 Å². The standard InChI is InChI=1S/C15H14ClF3N4O3/c1-8-5-9(2)23(22-8)11-4-3-10(16)13(21-11)14(25)26-6-12(24)20-7-15(17,18)19/h3-5H,6-7H2,1-2H3,(H,20,24). The van der Waals surface area contributed by atoms with Crippen molar-refractivity contribution in [2.45, 2.75) is 20.0 Å². The molecule has 0 fully saturated rings. The molecule has 0 unspecified atom stereocenters. The molecule has 0 aromatic carbocycles. The van der Waals surface area contributed by atoms with Crippen molar-refractivity contribution in [3.05, 3.63) is 40.3 Å². The fourth-order valence-electron chi connectivity index (χ4n) is 2.00. The van der Waals surface area contributed by atoms with E-state index in [0.717, 1.165) is 11.4 Å². The van der Waals surface area contributed by atoms with Crippen LogP contribution in [0.1, 0.15) is 21.9 Å². The molecule has 11 heteroatoms. The molecule has 0 atom stereocenters. The van der Waals surface area contributed by atoms with Crippen molar-refractivity contribution in [2.75, 3.05) is 13.2 Å². The maximum absolute atomic E-state index is 12.0. The Morgan fingerprint density at radius 1 is 1.31 bits per heavy atom. The molecular formula is C15H14ClF3N4O3. The number of aromatic nitrogens is 3. The lowest BCUT2D eigenvalue weighted by Gasteiger charge is -2.10. The summed E-state index contributed by atoms with van der Waals surface area (Å²) in [4.78, 5) is 27.4. The summed E-state index contributed by atoms with van der Waals surface area (Å²) in [5, 5.41) is 5.77. The third kappa shape index (κ3) is 5.19. The minimum absolute atomic E-state index is 0.0315. The van der Waals surface area contributed by atoms with Gasteiger partial charge in [-0.05, 0) is 32.0 Å². The first kappa shape index (κ1) is 19.7. The number of carbonyl (C=O) groups is 2. The molecule has 0 aliphatic carbocycles. The number of nitrogens with zero attached hydrogens (tertiary/aromatic N) is 3. The van der Waals surface area contributed by atoms with Crippen molar-refractivity contribution in [1.82, 2.24) is 20.1 Å². The van der Waals surface area contributed by atoms with Crippen LogP contribution in [0.2, 0.25) is 5.02 Å². The SMILES string of the molecule is Cc1cc(C)n(-c2ccc(Cl)c(C(=O)OCC(=O)NCC(F)(F)F)n2)n1. The summed E-state index contributed by atoms with van der Waals surface area (Å²) in [6, 6.07) is 4.74. The lowest BCUT2D eigenvalue weighted by atomic mass is 10.3. The van der Waals surface area contributed by atoms with Gasteiger partial charge in [-0.1, -0.05) is 11.6 Å². The average Bonchev–Trinajstić information content (AvgIpc) is 2.89. The number of carbonyl (C=O) groups excluding carboxylic acids is 2. The van der Waals surface area contributed by atoms with Crippen LogP contribution >= 0.6 is 11.6 Å². The monoisotopic (exact) mass is 390 g/mol. The van der Waals surface area contributed by atoms with Gasteiger partial charge in [0, 0.05) is 5.69 Å². The molecule has 0 spiro atoms. The van der Waals surface area contributed by atoms with E-state index in [2.05, 4.69) is 14.8 Å². The van der Waals surface area contributed by atoms with Crippen molar-refractivity contribution in [2.24, 2.45) is 0 Å². The van der Waals surface area contributed by atoms with Crippen LogP contribution in [-0.4, -0.2) is 46.0 Å². The Morgan fingerprint density at radius 2 is 2.00 bits per heavy atom. The second kappa shape index (κ2) is 7.73. The van der Waals surface area contributed by atoms with Gasteiger partial charge >= 0.3 is 12.1 Å². The highest BCUT2D eigenvalue weighted by molar-refractivity contribution is 6.33. The van der Waals surface area contributed by atoms with Crippen LogP contribution < -0.4 is 5.32 Å². The summed E-state index contributed by atoms with van der Waals surface area (Å²) in [5.74, 6) is -1.84. The van der Waals surface area contributed by atoms with Crippen LogP contribution in [0.3, 0.4) is 0 Å². The summed E-state index contributed by atoms with van der Waals surface area (Å²) >= 11 is 5.92. The highest BCUT2D eigenvalue weighted by Gasteiger charge is 2.28. The Balaban J connectivity index is 2.08. The molecule has 0 aliphatic heterocycles. The fraction of sp³-hybridized carbons (Fsp3) is 0.333. The Bertz CT molecular complexity index is 836. The third-order valence-corrected chi connectivity index (χ3v) is 3.38. The highest BCUT2D eigenvalue weighted by Crippen LogP contribution is 2.18. The number of hydrogen-bond donors (Lipinski definition) is 1. The second-order valence-corrected chi connectivity index (χ2v) is 5.71. The fourth-order valence-corrected chi connectivity index (χ4v) is 2.19. The van der Waals surface area contributed by atoms with E-state index < -0.39 is 31.2 Å². The Kier molecular flexibility index (Phi) is 5.86. The van der Waals surface area contributed by atoms with E-state index >= 15 is 0 Å². The predicted octanol–water partition coefficient (Wildman–Crippen LogP) is 2.37. The summed E-state index contributed by atoms with van der Waals surface area (Å²) in [7, 11) is 0. The lowest BCUT2D eigenvalue weighted by molar-refractivity contribution is -0.140. The predicted molar refractivity (Wildman–Crippen MR) is 85.2 cm³/mol. The molecule has 7 nitrogen and oxygen atoms in total. The normalized spacial score (nSPS) is 11.3. The number of ether oxygens (including phenoxy) is 1. The van der Waals surface area contributed by atoms with Crippen LogP contribution in [-0.2, 0) is 9.53 Å². The number of amides is 1. The van der Waals surface area contributed by atoms with Crippen molar-refractivity contribution in [3.63, 3.8) is 0 Å². The summed E-state index contributed by atoms with van der Waals surface area (Å²) in [5.41, 5.74) is 1.23. The molecular weight excluding hydrogens is 377 g/mol. The molecule has 2 aromatic heterocycles. The Hall–Kier alpha value is -2.62. The topological polar surface area (TPSA) is 86.1 Å². The van der Waals surface area contributed by atoms with Crippen molar-refractivity contribution in [1.29, 1.82) is 0 Å². The largest absolute Gasteiger partial charge is 0.451 e. The molecule has 0 radical (unpaired) electrons. The summed E-state index contributed by atoms with van der Waals surface area (Å²) in [6.07, 6.45) is -4.56. The number of aryl methyl sites for hydroxylation is 2. The zero-order chi connectivity index (χ0) is 19.5. The summed E-state index contributed by atoms with van der Waals surface area (Å²) < 4.78 is 42.2. The molecule has 0 saturated heterocycles. The average molecular weight is 391 g/mol. The van der Waals surface area contributed by atoms with E-state index in [-0.39, 0.29) is 10.7 Å². The van der Waals surface area contributed by atoms with Gasteiger partial charge in [0.1, 0.15) is 6.54 Å². The third-order valence-electron chi connectivity index (χ3n) is 3.07. The molecule has 26 heavy (non-hydrogen) atoms. The quantitative estimate of drug-likeness (QED) is 0.792. The summed E-state index contributed by atoms with van der Waals surface area (Å²) in [6.45, 7) is 1.17. The second-order valence-electron chi connectivity index (χ2n) is 5.31. The van der Waals surface area contributed by atoms with Gasteiger partial charge < -0.3 is 10.1 Å². The maximum atomic E-state index is 12.0. The van der Waals surface area contributed by atoms with Crippen LogP contribution in [0.15, 0.2) is 18.2 Å². The van der Waals surface area contributed by atoms with Crippen molar-refractivity contribution < 1.29 is 27.5 Å². The van der Waals surface area contributed by atoms with Gasteiger partial charge in [0.2, 0.25) is 0 Å². The lowest BCUT2D eigenvalue weighted by Crippen LogP contribution is -2.36. The zero-order valence-corrected chi connectivity index (χ0v) is 14.5. The van der Waals surface area contributed by atoms with Crippen LogP contribution in [0.4, 0.5) is 13.2 Å². The number of esters is 1. The number of halogens is 4. The number of nitrogens with one attached hydrogen (secondary N) is 1. The molecule has 2 aromatic rings. The maximum Gasteiger partial charge on any atom is 0.405 e. The number of alkyl halides is 3. The number of rotatable bonds is 5.